The zero-order valence-electron chi connectivity index (χ0n) is 10.9. The van der Waals surface area contributed by atoms with E-state index < -0.39 is 0 Å². The van der Waals surface area contributed by atoms with Crippen molar-refractivity contribution < 1.29 is 9.13 Å². The van der Waals surface area contributed by atoms with Gasteiger partial charge in [0, 0.05) is 35.9 Å². The maximum absolute atomic E-state index is 13.6. The fraction of sp³-hybridized carbons (Fsp3) is 0.200. The highest BCUT2D eigenvalue weighted by Gasteiger charge is 2.04. The summed E-state index contributed by atoms with van der Waals surface area (Å²) in [5.74, 6) is 0.464. The maximum Gasteiger partial charge on any atom is 0.130 e. The third-order valence-corrected chi connectivity index (χ3v) is 3.24. The van der Waals surface area contributed by atoms with Crippen molar-refractivity contribution in [2.45, 2.75) is 6.61 Å². The van der Waals surface area contributed by atoms with Gasteiger partial charge in [0.05, 0.1) is 0 Å². The van der Waals surface area contributed by atoms with Crippen LogP contribution in [-0.4, -0.2) is 14.1 Å². The molecule has 0 aliphatic heterocycles. The number of halogens is 2. The molecule has 0 fully saturated rings. The molecule has 100 valence electrons. The van der Waals surface area contributed by atoms with Crippen LogP contribution in [0.4, 0.5) is 10.1 Å². The summed E-state index contributed by atoms with van der Waals surface area (Å²) >= 11 is 3.23. The standard InChI is InChI=1S/C15H15BrFNO/c1-18(2)13-4-3-5-14(9-13)19-10-11-6-7-12(16)8-15(11)17/h3-9H,10H2,1-2H3. The van der Waals surface area contributed by atoms with E-state index in [0.29, 0.717) is 5.56 Å². The number of benzene rings is 2. The van der Waals surface area contributed by atoms with Crippen molar-refractivity contribution in [2.75, 3.05) is 19.0 Å². The molecule has 19 heavy (non-hydrogen) atoms. The number of hydrogen-bond donors (Lipinski definition) is 0. The van der Waals surface area contributed by atoms with Gasteiger partial charge in [-0.25, -0.2) is 4.39 Å². The van der Waals surface area contributed by atoms with E-state index >= 15 is 0 Å². The first-order valence-electron chi connectivity index (χ1n) is 5.90. The Balaban J connectivity index is 2.08. The van der Waals surface area contributed by atoms with E-state index in [1.165, 1.54) is 6.07 Å². The van der Waals surface area contributed by atoms with Crippen molar-refractivity contribution in [3.8, 4) is 5.75 Å². The predicted octanol–water partition coefficient (Wildman–Crippen LogP) is 4.23. The maximum atomic E-state index is 13.6. The van der Waals surface area contributed by atoms with Crippen molar-refractivity contribution in [1.29, 1.82) is 0 Å². The fourth-order valence-electron chi connectivity index (χ4n) is 1.65. The minimum absolute atomic E-state index is 0.218. The summed E-state index contributed by atoms with van der Waals surface area (Å²) in [5.41, 5.74) is 1.59. The van der Waals surface area contributed by atoms with E-state index in [-0.39, 0.29) is 12.4 Å². The summed E-state index contributed by atoms with van der Waals surface area (Å²) in [7, 11) is 3.93. The second-order valence-corrected chi connectivity index (χ2v) is 5.33. The highest BCUT2D eigenvalue weighted by atomic mass is 79.9. The van der Waals surface area contributed by atoms with E-state index in [1.807, 2.05) is 43.3 Å². The summed E-state index contributed by atoms with van der Waals surface area (Å²) in [4.78, 5) is 1.99. The van der Waals surface area contributed by atoms with Crippen LogP contribution in [0.25, 0.3) is 0 Å². The van der Waals surface area contributed by atoms with Gasteiger partial charge in [0.25, 0.3) is 0 Å². The van der Waals surface area contributed by atoms with E-state index in [2.05, 4.69) is 15.9 Å². The van der Waals surface area contributed by atoms with E-state index in [4.69, 9.17) is 4.74 Å². The lowest BCUT2D eigenvalue weighted by molar-refractivity contribution is 0.300. The van der Waals surface area contributed by atoms with Crippen LogP contribution in [0, 0.1) is 5.82 Å². The van der Waals surface area contributed by atoms with Crippen LogP contribution in [0.2, 0.25) is 0 Å². The number of nitrogens with zero attached hydrogens (tertiary/aromatic N) is 1. The van der Waals surface area contributed by atoms with Crippen molar-refractivity contribution >= 4 is 21.6 Å². The Hall–Kier alpha value is -1.55. The molecule has 0 amide bonds. The molecule has 0 bridgehead atoms. The molecule has 0 unspecified atom stereocenters. The van der Waals surface area contributed by atoms with Gasteiger partial charge in [-0.15, -0.1) is 0 Å². The van der Waals surface area contributed by atoms with Crippen LogP contribution in [0.3, 0.4) is 0 Å². The molecule has 0 N–H and O–H groups in total. The van der Waals surface area contributed by atoms with Gasteiger partial charge in [-0.05, 0) is 24.3 Å². The Bertz CT molecular complexity index is 572. The predicted molar refractivity (Wildman–Crippen MR) is 79.2 cm³/mol. The molecular weight excluding hydrogens is 309 g/mol. The zero-order valence-corrected chi connectivity index (χ0v) is 12.4. The second-order valence-electron chi connectivity index (χ2n) is 4.42. The first-order chi connectivity index (χ1) is 9.06. The molecule has 2 rings (SSSR count). The molecule has 2 nitrogen and oxygen atoms in total. The summed E-state index contributed by atoms with van der Waals surface area (Å²) in [5, 5.41) is 0. The molecule has 0 saturated heterocycles. The van der Waals surface area contributed by atoms with E-state index in [1.54, 1.807) is 12.1 Å². The Morgan fingerprint density at radius 1 is 1.16 bits per heavy atom. The zero-order chi connectivity index (χ0) is 13.8. The summed E-state index contributed by atoms with van der Waals surface area (Å²) in [6.45, 7) is 0.218. The van der Waals surface area contributed by atoms with E-state index in [9.17, 15) is 4.39 Å². The van der Waals surface area contributed by atoms with Crippen LogP contribution in [0.15, 0.2) is 46.9 Å². The molecule has 0 heterocycles. The normalized spacial score (nSPS) is 10.3. The van der Waals surface area contributed by atoms with Crippen molar-refractivity contribution in [3.63, 3.8) is 0 Å². The number of ether oxygens (including phenoxy) is 1. The summed E-state index contributed by atoms with van der Waals surface area (Å²) in [6.07, 6.45) is 0. The van der Waals surface area contributed by atoms with Crippen LogP contribution >= 0.6 is 15.9 Å². The third-order valence-electron chi connectivity index (χ3n) is 2.74. The number of rotatable bonds is 4. The van der Waals surface area contributed by atoms with Gasteiger partial charge in [0.1, 0.15) is 18.2 Å². The molecule has 0 saturated carbocycles. The first-order valence-corrected chi connectivity index (χ1v) is 6.69. The van der Waals surface area contributed by atoms with Gasteiger partial charge in [-0.1, -0.05) is 28.1 Å². The van der Waals surface area contributed by atoms with Crippen molar-refractivity contribution in [3.05, 3.63) is 58.3 Å². The Morgan fingerprint density at radius 3 is 2.63 bits per heavy atom. The SMILES string of the molecule is CN(C)c1cccc(OCc2ccc(Br)cc2F)c1. The van der Waals surface area contributed by atoms with Crippen LogP contribution < -0.4 is 9.64 Å². The minimum atomic E-state index is -0.266. The lowest BCUT2D eigenvalue weighted by Gasteiger charge is -2.14. The molecule has 0 radical (unpaired) electrons. The van der Waals surface area contributed by atoms with Gasteiger partial charge in [0.2, 0.25) is 0 Å². The molecule has 2 aromatic rings. The number of anilines is 1. The lowest BCUT2D eigenvalue weighted by Crippen LogP contribution is -2.08. The van der Waals surface area contributed by atoms with Gasteiger partial charge in [-0.2, -0.15) is 0 Å². The minimum Gasteiger partial charge on any atom is -0.489 e. The molecule has 0 atom stereocenters. The Morgan fingerprint density at radius 2 is 1.95 bits per heavy atom. The average Bonchev–Trinajstić information content (AvgIpc) is 2.38. The highest BCUT2D eigenvalue weighted by Crippen LogP contribution is 2.21. The topological polar surface area (TPSA) is 12.5 Å². The molecular formula is C15H15BrFNO. The lowest BCUT2D eigenvalue weighted by atomic mass is 10.2. The average molecular weight is 324 g/mol. The highest BCUT2D eigenvalue weighted by molar-refractivity contribution is 9.10. The van der Waals surface area contributed by atoms with Crippen LogP contribution in [-0.2, 0) is 6.61 Å². The largest absolute Gasteiger partial charge is 0.489 e. The summed E-state index contributed by atoms with van der Waals surface area (Å²) in [6, 6.07) is 12.7. The van der Waals surface area contributed by atoms with Gasteiger partial charge >= 0.3 is 0 Å². The number of hydrogen-bond acceptors (Lipinski definition) is 2. The first kappa shape index (κ1) is 13.9. The molecule has 0 aliphatic rings. The van der Waals surface area contributed by atoms with Gasteiger partial charge in [0.15, 0.2) is 0 Å². The smallest absolute Gasteiger partial charge is 0.130 e. The Labute approximate surface area is 120 Å². The quantitative estimate of drug-likeness (QED) is 0.834. The van der Waals surface area contributed by atoms with Crippen molar-refractivity contribution in [2.24, 2.45) is 0 Å². The summed E-state index contributed by atoms with van der Waals surface area (Å²) < 4.78 is 20.0. The molecule has 2 aromatic carbocycles. The van der Waals surface area contributed by atoms with Crippen LogP contribution in [0.5, 0.6) is 5.75 Å². The second kappa shape index (κ2) is 6.06. The third kappa shape index (κ3) is 3.70. The molecule has 0 aliphatic carbocycles. The van der Waals surface area contributed by atoms with Gasteiger partial charge in [-0.3, -0.25) is 0 Å². The van der Waals surface area contributed by atoms with Gasteiger partial charge < -0.3 is 9.64 Å². The van der Waals surface area contributed by atoms with E-state index in [0.717, 1.165) is 15.9 Å². The Kier molecular flexibility index (Phi) is 4.43. The van der Waals surface area contributed by atoms with Crippen molar-refractivity contribution in [1.82, 2.24) is 0 Å². The molecule has 4 heteroatoms. The molecule has 0 aromatic heterocycles. The molecule has 0 spiro atoms. The fourth-order valence-corrected chi connectivity index (χ4v) is 1.98. The van der Waals surface area contributed by atoms with Crippen LogP contribution in [0.1, 0.15) is 5.56 Å². The monoisotopic (exact) mass is 323 g/mol.